The van der Waals surface area contributed by atoms with Gasteiger partial charge in [-0.15, -0.1) is 0 Å². The van der Waals surface area contributed by atoms with E-state index in [0.717, 1.165) is 0 Å². The van der Waals surface area contributed by atoms with E-state index in [2.05, 4.69) is 10.2 Å². The van der Waals surface area contributed by atoms with Crippen LogP contribution in [0.25, 0.3) is 0 Å². The number of rotatable bonds is 6. The maximum Gasteiger partial charge on any atom is 0.0897 e. The summed E-state index contributed by atoms with van der Waals surface area (Å²) in [5.74, 6) is 0. The highest BCUT2D eigenvalue weighted by Gasteiger charge is 2.35. The molecule has 0 amide bonds. The number of ether oxygens (including phenoxy) is 1. The number of hydrogen-bond acceptors (Lipinski definition) is 4. The summed E-state index contributed by atoms with van der Waals surface area (Å²) in [7, 11) is 0. The van der Waals surface area contributed by atoms with E-state index in [0.29, 0.717) is 31.8 Å². The first-order valence-electron chi connectivity index (χ1n) is 7.04. The molecule has 2 heterocycles. The van der Waals surface area contributed by atoms with Crippen molar-refractivity contribution in [1.82, 2.24) is 10.2 Å². The number of hydrogen-bond donors (Lipinski definition) is 2. The van der Waals surface area contributed by atoms with Crippen molar-refractivity contribution in [2.75, 3.05) is 32.8 Å². The topological polar surface area (TPSA) is 44.7 Å². The van der Waals surface area contributed by atoms with Gasteiger partial charge >= 0.3 is 0 Å². The second-order valence-corrected chi connectivity index (χ2v) is 5.22. The van der Waals surface area contributed by atoms with Crippen LogP contribution < -0.4 is 5.32 Å². The Balaban J connectivity index is 1.68. The van der Waals surface area contributed by atoms with Gasteiger partial charge in [0.25, 0.3) is 0 Å². The summed E-state index contributed by atoms with van der Waals surface area (Å²) in [6.07, 6.45) is 4.90. The molecule has 4 heteroatoms. The fraction of sp³-hybridized carbons (Fsp3) is 1.00. The smallest absolute Gasteiger partial charge is 0.0897 e. The van der Waals surface area contributed by atoms with Gasteiger partial charge in [-0.1, -0.05) is 6.42 Å². The van der Waals surface area contributed by atoms with Crippen molar-refractivity contribution in [1.29, 1.82) is 0 Å². The first-order valence-corrected chi connectivity index (χ1v) is 7.04. The summed E-state index contributed by atoms with van der Waals surface area (Å²) in [5.41, 5.74) is 0. The monoisotopic (exact) mass is 242 g/mol. The van der Waals surface area contributed by atoms with Crippen LogP contribution in [0.1, 0.15) is 32.6 Å². The predicted molar refractivity (Wildman–Crippen MR) is 68.1 cm³/mol. The minimum absolute atomic E-state index is 0.368. The maximum atomic E-state index is 9.74. The standard InChI is InChI=1S/C13H26N2O2/c1-2-17-10-11(16)9-14-12-6-8-15-7-4-3-5-13(12)15/h11-14,16H,2-10H2,1H3. The zero-order valence-corrected chi connectivity index (χ0v) is 10.9. The van der Waals surface area contributed by atoms with E-state index in [1.165, 1.54) is 38.8 Å². The average molecular weight is 242 g/mol. The van der Waals surface area contributed by atoms with Gasteiger partial charge in [-0.3, -0.25) is 4.90 Å². The Labute approximate surface area is 104 Å². The van der Waals surface area contributed by atoms with Crippen molar-refractivity contribution in [2.45, 2.75) is 50.8 Å². The molecule has 0 spiro atoms. The molecule has 2 aliphatic rings. The van der Waals surface area contributed by atoms with Crippen LogP contribution in [-0.2, 0) is 4.74 Å². The third kappa shape index (κ3) is 3.65. The number of aliphatic hydroxyl groups is 1. The van der Waals surface area contributed by atoms with Crippen LogP contribution in [0.5, 0.6) is 0 Å². The van der Waals surface area contributed by atoms with E-state index >= 15 is 0 Å². The molecule has 0 radical (unpaired) electrons. The lowest BCUT2D eigenvalue weighted by Gasteiger charge is -2.33. The molecule has 2 rings (SSSR count). The van der Waals surface area contributed by atoms with E-state index in [4.69, 9.17) is 4.74 Å². The summed E-state index contributed by atoms with van der Waals surface area (Å²) in [6, 6.07) is 1.29. The second kappa shape index (κ2) is 6.69. The fourth-order valence-electron chi connectivity index (χ4n) is 3.09. The molecule has 3 atom stereocenters. The molecule has 17 heavy (non-hydrogen) atoms. The van der Waals surface area contributed by atoms with Crippen LogP contribution in [0, 0.1) is 0 Å². The Morgan fingerprint density at radius 1 is 1.35 bits per heavy atom. The third-order valence-electron chi connectivity index (χ3n) is 3.99. The van der Waals surface area contributed by atoms with Crippen LogP contribution in [-0.4, -0.2) is 61.0 Å². The van der Waals surface area contributed by atoms with Crippen molar-refractivity contribution in [3.05, 3.63) is 0 Å². The number of fused-ring (bicyclic) bond motifs is 1. The molecule has 2 aliphatic heterocycles. The summed E-state index contributed by atoms with van der Waals surface area (Å²) in [5, 5.41) is 13.3. The molecular weight excluding hydrogens is 216 g/mol. The van der Waals surface area contributed by atoms with E-state index in [9.17, 15) is 5.11 Å². The second-order valence-electron chi connectivity index (χ2n) is 5.22. The first-order chi connectivity index (χ1) is 8.31. The highest BCUT2D eigenvalue weighted by Crippen LogP contribution is 2.26. The zero-order chi connectivity index (χ0) is 12.1. The van der Waals surface area contributed by atoms with E-state index in [-0.39, 0.29) is 6.10 Å². The summed E-state index contributed by atoms with van der Waals surface area (Å²) in [4.78, 5) is 2.61. The van der Waals surface area contributed by atoms with Gasteiger partial charge in [-0.2, -0.15) is 0 Å². The van der Waals surface area contributed by atoms with Gasteiger partial charge in [0.05, 0.1) is 12.7 Å². The van der Waals surface area contributed by atoms with E-state index in [1.54, 1.807) is 0 Å². The minimum Gasteiger partial charge on any atom is -0.389 e. The van der Waals surface area contributed by atoms with Crippen molar-refractivity contribution in [3.63, 3.8) is 0 Å². The van der Waals surface area contributed by atoms with Crippen molar-refractivity contribution >= 4 is 0 Å². The molecule has 0 aromatic rings. The van der Waals surface area contributed by atoms with E-state index in [1.807, 2.05) is 6.92 Å². The molecule has 2 N–H and O–H groups in total. The third-order valence-corrected chi connectivity index (χ3v) is 3.99. The summed E-state index contributed by atoms with van der Waals surface area (Å²) in [6.45, 7) is 6.24. The molecule has 3 unspecified atom stereocenters. The Morgan fingerprint density at radius 2 is 2.24 bits per heavy atom. The van der Waals surface area contributed by atoms with E-state index < -0.39 is 0 Å². The van der Waals surface area contributed by atoms with Gasteiger partial charge in [-0.25, -0.2) is 0 Å². The molecule has 100 valence electrons. The molecule has 0 aliphatic carbocycles. The molecule has 0 saturated carbocycles. The Kier molecular flexibility index (Phi) is 5.22. The van der Waals surface area contributed by atoms with Gasteiger partial charge in [0.15, 0.2) is 0 Å². The number of nitrogens with one attached hydrogen (secondary N) is 1. The lowest BCUT2D eigenvalue weighted by molar-refractivity contribution is 0.0402. The molecule has 4 nitrogen and oxygen atoms in total. The van der Waals surface area contributed by atoms with Gasteiger partial charge in [0, 0.05) is 31.8 Å². The maximum absolute atomic E-state index is 9.74. The Hall–Kier alpha value is -0.160. The average Bonchev–Trinajstić information content (AvgIpc) is 2.77. The summed E-state index contributed by atoms with van der Waals surface area (Å²) >= 11 is 0. The van der Waals surface area contributed by atoms with Crippen LogP contribution in [0.3, 0.4) is 0 Å². The predicted octanol–water partition coefficient (Wildman–Crippen LogP) is 0.600. The number of nitrogens with zero attached hydrogens (tertiary/aromatic N) is 1. The fourth-order valence-corrected chi connectivity index (χ4v) is 3.09. The molecule has 2 fully saturated rings. The molecule has 0 aromatic carbocycles. The van der Waals surface area contributed by atoms with Crippen molar-refractivity contribution < 1.29 is 9.84 Å². The minimum atomic E-state index is -0.368. The quantitative estimate of drug-likeness (QED) is 0.716. The van der Waals surface area contributed by atoms with Crippen LogP contribution >= 0.6 is 0 Å². The van der Waals surface area contributed by atoms with Gasteiger partial charge in [0.1, 0.15) is 0 Å². The van der Waals surface area contributed by atoms with Crippen molar-refractivity contribution in [2.24, 2.45) is 0 Å². The molecular formula is C13H26N2O2. The van der Waals surface area contributed by atoms with Crippen LogP contribution in [0.2, 0.25) is 0 Å². The highest BCUT2D eigenvalue weighted by molar-refractivity contribution is 4.94. The van der Waals surface area contributed by atoms with Gasteiger partial charge in [-0.05, 0) is 32.7 Å². The SMILES string of the molecule is CCOCC(O)CNC1CCN2CCCCC12. The largest absolute Gasteiger partial charge is 0.389 e. The summed E-state index contributed by atoms with van der Waals surface area (Å²) < 4.78 is 5.22. The lowest BCUT2D eigenvalue weighted by Crippen LogP contribution is -2.47. The van der Waals surface area contributed by atoms with Crippen LogP contribution in [0.15, 0.2) is 0 Å². The van der Waals surface area contributed by atoms with Gasteiger partial charge < -0.3 is 15.2 Å². The normalized spacial score (nSPS) is 31.4. The molecule has 0 aromatic heterocycles. The first kappa shape index (κ1) is 13.3. The number of piperidine rings is 1. The van der Waals surface area contributed by atoms with Crippen molar-refractivity contribution in [3.8, 4) is 0 Å². The highest BCUT2D eigenvalue weighted by atomic mass is 16.5. The zero-order valence-electron chi connectivity index (χ0n) is 10.9. The molecule has 2 saturated heterocycles. The lowest BCUT2D eigenvalue weighted by atomic mass is 9.99. The van der Waals surface area contributed by atoms with Gasteiger partial charge in [0.2, 0.25) is 0 Å². The Morgan fingerprint density at radius 3 is 3.06 bits per heavy atom. The Bertz CT molecular complexity index is 225. The number of aliphatic hydroxyl groups excluding tert-OH is 1. The molecule has 0 bridgehead atoms. The van der Waals surface area contributed by atoms with Crippen LogP contribution in [0.4, 0.5) is 0 Å².